The molecule has 2 N–H and O–H groups in total. The second kappa shape index (κ2) is 9.88. The standard InChI is InChI=1S/C25H24N4O4S/c1-3-16-34(31,32)29-21-14-12-20(13-15-21)26-23(30)18-8-10-19(11-9-18)24-27-28-25(33-24)22-7-5-4-6-17(22)2/h4-15,29H,3,16H2,1-2H3,(H,26,30). The predicted molar refractivity (Wildman–Crippen MR) is 132 cm³/mol. The lowest BCUT2D eigenvalue weighted by Gasteiger charge is -2.09. The van der Waals surface area contributed by atoms with E-state index in [-0.39, 0.29) is 11.7 Å². The van der Waals surface area contributed by atoms with Crippen LogP contribution in [0.25, 0.3) is 22.9 Å². The quantitative estimate of drug-likeness (QED) is 0.365. The van der Waals surface area contributed by atoms with E-state index in [2.05, 4.69) is 20.2 Å². The third kappa shape index (κ3) is 5.49. The number of nitrogens with one attached hydrogen (secondary N) is 2. The van der Waals surface area contributed by atoms with Crippen molar-refractivity contribution in [3.8, 4) is 22.9 Å². The van der Waals surface area contributed by atoms with Crippen LogP contribution in [0.5, 0.6) is 0 Å². The lowest BCUT2D eigenvalue weighted by Crippen LogP contribution is -2.16. The van der Waals surface area contributed by atoms with Gasteiger partial charge in [0.15, 0.2) is 0 Å². The van der Waals surface area contributed by atoms with E-state index >= 15 is 0 Å². The number of hydrogen-bond donors (Lipinski definition) is 2. The Bertz CT molecular complexity index is 1400. The number of carbonyl (C=O) groups excluding carboxylic acids is 1. The van der Waals surface area contributed by atoms with Crippen LogP contribution >= 0.6 is 0 Å². The fourth-order valence-corrected chi connectivity index (χ4v) is 4.48. The molecule has 1 aromatic heterocycles. The smallest absolute Gasteiger partial charge is 0.255 e. The Morgan fingerprint density at radius 2 is 1.53 bits per heavy atom. The Labute approximate surface area is 198 Å². The first-order valence-corrected chi connectivity index (χ1v) is 12.4. The van der Waals surface area contributed by atoms with Gasteiger partial charge in [-0.15, -0.1) is 10.2 Å². The minimum atomic E-state index is -3.36. The second-order valence-corrected chi connectivity index (χ2v) is 9.60. The van der Waals surface area contributed by atoms with Gasteiger partial charge in [0.05, 0.1) is 5.75 Å². The molecule has 0 atom stereocenters. The number of aromatic nitrogens is 2. The molecule has 0 saturated heterocycles. The first kappa shape index (κ1) is 23.2. The van der Waals surface area contributed by atoms with Crippen molar-refractivity contribution in [1.29, 1.82) is 0 Å². The number of hydrogen-bond acceptors (Lipinski definition) is 6. The minimum absolute atomic E-state index is 0.0538. The molecule has 0 saturated carbocycles. The molecular formula is C25H24N4O4S. The van der Waals surface area contributed by atoms with Crippen LogP contribution in [0, 0.1) is 6.92 Å². The van der Waals surface area contributed by atoms with Crippen molar-refractivity contribution < 1.29 is 17.6 Å². The largest absolute Gasteiger partial charge is 0.416 e. The van der Waals surface area contributed by atoms with Gasteiger partial charge in [0.25, 0.3) is 5.91 Å². The topological polar surface area (TPSA) is 114 Å². The highest BCUT2D eigenvalue weighted by Crippen LogP contribution is 2.26. The molecule has 1 heterocycles. The number of sulfonamides is 1. The number of rotatable bonds is 8. The summed E-state index contributed by atoms with van der Waals surface area (Å²) in [5, 5.41) is 11.1. The van der Waals surface area contributed by atoms with E-state index in [1.165, 1.54) is 0 Å². The van der Waals surface area contributed by atoms with Crippen molar-refractivity contribution in [3.63, 3.8) is 0 Å². The fourth-order valence-electron chi connectivity index (χ4n) is 3.35. The maximum atomic E-state index is 12.6. The molecule has 0 aliphatic heterocycles. The molecule has 34 heavy (non-hydrogen) atoms. The number of nitrogens with zero attached hydrogens (tertiary/aromatic N) is 2. The first-order valence-electron chi connectivity index (χ1n) is 10.8. The lowest BCUT2D eigenvalue weighted by molar-refractivity contribution is 0.102. The molecule has 0 fully saturated rings. The van der Waals surface area contributed by atoms with Gasteiger partial charge in [0.2, 0.25) is 21.8 Å². The lowest BCUT2D eigenvalue weighted by atomic mass is 10.1. The van der Waals surface area contributed by atoms with Crippen molar-refractivity contribution in [3.05, 3.63) is 83.9 Å². The van der Waals surface area contributed by atoms with Gasteiger partial charge < -0.3 is 9.73 Å². The van der Waals surface area contributed by atoms with Crippen molar-refractivity contribution in [1.82, 2.24) is 10.2 Å². The average Bonchev–Trinajstić information content (AvgIpc) is 3.30. The molecule has 4 rings (SSSR count). The molecule has 0 unspecified atom stereocenters. The van der Waals surface area contributed by atoms with Crippen molar-refractivity contribution in [2.24, 2.45) is 0 Å². The van der Waals surface area contributed by atoms with Crippen LogP contribution < -0.4 is 10.0 Å². The molecule has 8 nitrogen and oxygen atoms in total. The fraction of sp³-hybridized carbons (Fsp3) is 0.160. The van der Waals surface area contributed by atoms with E-state index in [4.69, 9.17) is 4.42 Å². The predicted octanol–water partition coefficient (Wildman–Crippen LogP) is 5.12. The Morgan fingerprint density at radius 3 is 2.21 bits per heavy atom. The van der Waals surface area contributed by atoms with E-state index in [0.29, 0.717) is 40.7 Å². The summed E-state index contributed by atoms with van der Waals surface area (Å²) in [6, 6.07) is 21.1. The zero-order valence-corrected chi connectivity index (χ0v) is 19.6. The third-order valence-corrected chi connectivity index (χ3v) is 6.58. The first-order chi connectivity index (χ1) is 16.3. The van der Waals surface area contributed by atoms with Gasteiger partial charge in [0.1, 0.15) is 0 Å². The summed E-state index contributed by atoms with van der Waals surface area (Å²) >= 11 is 0. The number of carbonyl (C=O) groups is 1. The molecule has 9 heteroatoms. The SMILES string of the molecule is CCCS(=O)(=O)Nc1ccc(NC(=O)c2ccc(-c3nnc(-c4ccccc4C)o3)cc2)cc1. The van der Waals surface area contributed by atoms with Crippen LogP contribution in [0.3, 0.4) is 0 Å². The van der Waals surface area contributed by atoms with Crippen LogP contribution in [0.2, 0.25) is 0 Å². The summed E-state index contributed by atoms with van der Waals surface area (Å²) in [5.74, 6) is 0.567. The Hall–Kier alpha value is -3.98. The maximum Gasteiger partial charge on any atom is 0.255 e. The van der Waals surface area contributed by atoms with Crippen LogP contribution in [-0.2, 0) is 10.0 Å². The molecule has 3 aromatic carbocycles. The monoisotopic (exact) mass is 476 g/mol. The maximum absolute atomic E-state index is 12.6. The molecule has 4 aromatic rings. The zero-order chi connectivity index (χ0) is 24.1. The number of aryl methyl sites for hydroxylation is 1. The molecule has 0 radical (unpaired) electrons. The zero-order valence-electron chi connectivity index (χ0n) is 18.8. The molecule has 0 aliphatic carbocycles. The highest BCUT2D eigenvalue weighted by atomic mass is 32.2. The van der Waals surface area contributed by atoms with Crippen molar-refractivity contribution in [2.45, 2.75) is 20.3 Å². The van der Waals surface area contributed by atoms with Crippen molar-refractivity contribution in [2.75, 3.05) is 15.8 Å². The van der Waals surface area contributed by atoms with Crippen molar-refractivity contribution >= 4 is 27.3 Å². The van der Waals surface area contributed by atoms with E-state index in [1.54, 1.807) is 55.5 Å². The molecule has 0 spiro atoms. The average molecular weight is 477 g/mol. The van der Waals surface area contributed by atoms with Crippen LogP contribution in [0.15, 0.2) is 77.2 Å². The van der Waals surface area contributed by atoms with Crippen LogP contribution in [-0.4, -0.2) is 30.3 Å². The number of amides is 1. The van der Waals surface area contributed by atoms with Gasteiger partial charge >= 0.3 is 0 Å². The summed E-state index contributed by atoms with van der Waals surface area (Å²) in [6.07, 6.45) is 0.530. The summed E-state index contributed by atoms with van der Waals surface area (Å²) in [7, 11) is -3.36. The normalized spacial score (nSPS) is 11.2. The Balaban J connectivity index is 1.41. The summed E-state index contributed by atoms with van der Waals surface area (Å²) in [5.41, 5.74) is 4.06. The van der Waals surface area contributed by atoms with E-state index in [0.717, 1.165) is 11.1 Å². The van der Waals surface area contributed by atoms with Gasteiger partial charge in [-0.1, -0.05) is 25.1 Å². The van der Waals surface area contributed by atoms with Gasteiger partial charge in [-0.3, -0.25) is 9.52 Å². The van der Waals surface area contributed by atoms with Gasteiger partial charge in [-0.2, -0.15) is 0 Å². The Morgan fingerprint density at radius 1 is 0.882 bits per heavy atom. The third-order valence-electron chi connectivity index (χ3n) is 5.08. The van der Waals surface area contributed by atoms with Gasteiger partial charge in [-0.25, -0.2) is 8.42 Å². The molecule has 1 amide bonds. The van der Waals surface area contributed by atoms with Crippen LogP contribution in [0.1, 0.15) is 29.3 Å². The second-order valence-electron chi connectivity index (χ2n) is 7.76. The van der Waals surface area contributed by atoms with E-state index in [1.807, 2.05) is 31.2 Å². The highest BCUT2D eigenvalue weighted by molar-refractivity contribution is 7.92. The van der Waals surface area contributed by atoms with Gasteiger partial charge in [0, 0.05) is 28.1 Å². The molecule has 174 valence electrons. The summed E-state index contributed by atoms with van der Waals surface area (Å²) < 4.78 is 32.1. The Kier molecular flexibility index (Phi) is 6.74. The summed E-state index contributed by atoms with van der Waals surface area (Å²) in [4.78, 5) is 12.6. The molecule has 0 bridgehead atoms. The molecular weight excluding hydrogens is 452 g/mol. The van der Waals surface area contributed by atoms with E-state index < -0.39 is 10.0 Å². The van der Waals surface area contributed by atoms with Crippen LogP contribution in [0.4, 0.5) is 11.4 Å². The minimum Gasteiger partial charge on any atom is -0.416 e. The van der Waals surface area contributed by atoms with E-state index in [9.17, 15) is 13.2 Å². The number of benzene rings is 3. The highest BCUT2D eigenvalue weighted by Gasteiger charge is 2.14. The van der Waals surface area contributed by atoms with Gasteiger partial charge in [-0.05, 0) is 73.5 Å². The summed E-state index contributed by atoms with van der Waals surface area (Å²) in [6.45, 7) is 3.78. The molecule has 0 aliphatic rings. The number of anilines is 2.